The molecule has 1 rings (SSSR count). The molecule has 0 unspecified atom stereocenters. The highest BCUT2D eigenvalue weighted by Crippen LogP contribution is 2.34. The molecule has 0 aliphatic heterocycles. The van der Waals surface area contributed by atoms with E-state index >= 15 is 0 Å². The van der Waals surface area contributed by atoms with Gasteiger partial charge in [0.05, 0.1) is 11.1 Å². The topological polar surface area (TPSA) is 116 Å². The zero-order valence-corrected chi connectivity index (χ0v) is 8.62. The molecule has 0 spiro atoms. The lowest BCUT2D eigenvalue weighted by Crippen LogP contribution is -2.18. The Kier molecular flexibility index (Phi) is 3.33. The van der Waals surface area contributed by atoms with Crippen molar-refractivity contribution in [1.29, 1.82) is 0 Å². The summed E-state index contributed by atoms with van der Waals surface area (Å²) in [4.78, 5) is 11.8. The first-order chi connectivity index (χ1) is 7.66. The number of nitrogens with zero attached hydrogens (tertiary/aromatic N) is 2. The van der Waals surface area contributed by atoms with Crippen LogP contribution in [-0.4, -0.2) is 18.3 Å². The van der Waals surface area contributed by atoms with Crippen LogP contribution in [-0.2, 0) is 10.0 Å². The van der Waals surface area contributed by atoms with E-state index in [0.717, 1.165) is 0 Å². The van der Waals surface area contributed by atoms with Crippen molar-refractivity contribution in [2.75, 3.05) is 0 Å². The van der Waals surface area contributed by atoms with E-state index in [4.69, 9.17) is 0 Å². The van der Waals surface area contributed by atoms with Gasteiger partial charge in [0, 0.05) is 0 Å². The van der Waals surface area contributed by atoms with Gasteiger partial charge in [-0.15, -0.1) is 0 Å². The predicted octanol–water partition coefficient (Wildman–Crippen LogP) is 0.714. The summed E-state index contributed by atoms with van der Waals surface area (Å²) in [5.41, 5.74) is -3.31. The minimum atomic E-state index is -4.71. The van der Waals surface area contributed by atoms with Crippen molar-refractivity contribution >= 4 is 15.7 Å². The van der Waals surface area contributed by atoms with Gasteiger partial charge in [-0.1, -0.05) is 0 Å². The smallest absolute Gasteiger partial charge is 0.258 e. The third-order valence-corrected chi connectivity index (χ3v) is 2.54. The van der Waals surface area contributed by atoms with Gasteiger partial charge in [0.15, 0.2) is 5.03 Å². The first kappa shape index (κ1) is 13.3. The van der Waals surface area contributed by atoms with Gasteiger partial charge >= 0.3 is 5.69 Å². The van der Waals surface area contributed by atoms with Gasteiger partial charge in [-0.2, -0.15) is 4.39 Å². The Labute approximate surface area is 92.3 Å². The van der Waals surface area contributed by atoms with Crippen LogP contribution in [0.15, 0.2) is 11.2 Å². The number of aromatic nitrogens is 1. The summed E-state index contributed by atoms with van der Waals surface area (Å²) in [6.45, 7) is 0. The second-order valence-electron chi connectivity index (χ2n) is 2.78. The van der Waals surface area contributed by atoms with Gasteiger partial charge in [-0.05, 0) is 0 Å². The van der Waals surface area contributed by atoms with Crippen LogP contribution < -0.4 is 5.14 Å². The Morgan fingerprint density at radius 1 is 1.47 bits per heavy atom. The lowest BCUT2D eigenvalue weighted by Gasteiger charge is -2.06. The van der Waals surface area contributed by atoms with E-state index in [-0.39, 0.29) is 6.20 Å². The summed E-state index contributed by atoms with van der Waals surface area (Å²) < 4.78 is 59.8. The van der Waals surface area contributed by atoms with Gasteiger partial charge < -0.3 is 0 Å². The Morgan fingerprint density at radius 2 is 2.00 bits per heavy atom. The third kappa shape index (κ3) is 2.50. The average molecular weight is 271 g/mol. The quantitative estimate of drug-likeness (QED) is 0.642. The van der Waals surface area contributed by atoms with Gasteiger partial charge in [0.25, 0.3) is 16.4 Å². The number of nitrogens with two attached hydrogens (primary N) is 1. The van der Waals surface area contributed by atoms with Crippen molar-refractivity contribution in [3.63, 3.8) is 0 Å². The molecular formula is C6H4F3N3O4S. The number of sulfonamides is 1. The Hall–Kier alpha value is -1.75. The number of hydrogen-bond acceptors (Lipinski definition) is 5. The zero-order valence-electron chi connectivity index (χ0n) is 7.80. The van der Waals surface area contributed by atoms with Gasteiger partial charge in [-0.25, -0.2) is 27.3 Å². The van der Waals surface area contributed by atoms with Gasteiger partial charge in [0.2, 0.25) is 5.82 Å². The SMILES string of the molecule is NS(=O)(=O)c1ncc(F)c([N+](=O)[O-])c1C(F)F. The molecular weight excluding hydrogens is 267 g/mol. The highest BCUT2D eigenvalue weighted by molar-refractivity contribution is 7.89. The van der Waals surface area contributed by atoms with Crippen molar-refractivity contribution in [1.82, 2.24) is 4.98 Å². The lowest BCUT2D eigenvalue weighted by atomic mass is 10.2. The van der Waals surface area contributed by atoms with E-state index in [1.165, 1.54) is 0 Å². The molecule has 2 N–H and O–H groups in total. The van der Waals surface area contributed by atoms with Crippen LogP contribution in [0.25, 0.3) is 0 Å². The molecule has 0 saturated carbocycles. The molecule has 1 aromatic rings. The second-order valence-corrected chi connectivity index (χ2v) is 4.25. The summed E-state index contributed by atoms with van der Waals surface area (Å²) in [7, 11) is -4.71. The van der Waals surface area contributed by atoms with E-state index in [1.54, 1.807) is 0 Å². The van der Waals surface area contributed by atoms with Crippen LogP contribution in [0.3, 0.4) is 0 Å². The molecule has 0 aromatic carbocycles. The van der Waals surface area contributed by atoms with Crippen LogP contribution in [0.5, 0.6) is 0 Å². The molecule has 7 nitrogen and oxygen atoms in total. The first-order valence-electron chi connectivity index (χ1n) is 3.80. The maximum Gasteiger partial charge on any atom is 0.318 e. The molecule has 0 amide bonds. The average Bonchev–Trinajstić information content (AvgIpc) is 2.14. The maximum atomic E-state index is 13.0. The molecule has 0 saturated heterocycles. The van der Waals surface area contributed by atoms with Crippen LogP contribution in [0.1, 0.15) is 12.0 Å². The molecule has 94 valence electrons. The summed E-state index contributed by atoms with van der Waals surface area (Å²) in [5.74, 6) is -1.67. The minimum Gasteiger partial charge on any atom is -0.258 e. The van der Waals surface area contributed by atoms with Crippen molar-refractivity contribution in [2.24, 2.45) is 5.14 Å². The fourth-order valence-electron chi connectivity index (χ4n) is 1.08. The maximum absolute atomic E-state index is 13.0. The van der Waals surface area contributed by atoms with Gasteiger partial charge in [-0.3, -0.25) is 10.1 Å². The van der Waals surface area contributed by atoms with Crippen molar-refractivity contribution in [2.45, 2.75) is 11.5 Å². The van der Waals surface area contributed by atoms with E-state index in [0.29, 0.717) is 0 Å². The molecule has 17 heavy (non-hydrogen) atoms. The highest BCUT2D eigenvalue weighted by atomic mass is 32.2. The number of pyridine rings is 1. The summed E-state index contributed by atoms with van der Waals surface area (Å²) in [6, 6.07) is 0. The molecule has 0 aliphatic carbocycles. The fraction of sp³-hybridized carbons (Fsp3) is 0.167. The highest BCUT2D eigenvalue weighted by Gasteiger charge is 2.34. The monoisotopic (exact) mass is 271 g/mol. The van der Waals surface area contributed by atoms with E-state index in [9.17, 15) is 31.7 Å². The molecule has 0 bridgehead atoms. The molecule has 11 heteroatoms. The molecule has 1 heterocycles. The minimum absolute atomic E-state index is 0.143. The Balaban J connectivity index is 3.78. The van der Waals surface area contributed by atoms with Crippen LogP contribution in [0.4, 0.5) is 18.9 Å². The molecule has 0 aliphatic rings. The summed E-state index contributed by atoms with van der Waals surface area (Å²) >= 11 is 0. The Bertz CT molecular complexity index is 574. The largest absolute Gasteiger partial charge is 0.318 e. The van der Waals surface area contributed by atoms with Gasteiger partial charge in [0.1, 0.15) is 5.56 Å². The van der Waals surface area contributed by atoms with Crippen LogP contribution in [0.2, 0.25) is 0 Å². The van der Waals surface area contributed by atoms with E-state index in [1.807, 2.05) is 0 Å². The number of primary sulfonamides is 1. The van der Waals surface area contributed by atoms with E-state index in [2.05, 4.69) is 10.1 Å². The van der Waals surface area contributed by atoms with Crippen molar-refractivity contribution in [3.05, 3.63) is 27.7 Å². The molecule has 0 atom stereocenters. The molecule has 0 fully saturated rings. The van der Waals surface area contributed by atoms with Crippen molar-refractivity contribution < 1.29 is 26.5 Å². The normalized spacial score (nSPS) is 11.8. The number of alkyl halides is 2. The van der Waals surface area contributed by atoms with Crippen LogP contribution >= 0.6 is 0 Å². The number of hydrogen-bond donors (Lipinski definition) is 1. The zero-order chi connectivity index (χ0) is 13.4. The second kappa shape index (κ2) is 4.25. The lowest BCUT2D eigenvalue weighted by molar-refractivity contribution is -0.389. The number of nitro groups is 1. The third-order valence-electron chi connectivity index (χ3n) is 1.68. The molecule has 0 radical (unpaired) electrons. The molecule has 1 aromatic heterocycles. The van der Waals surface area contributed by atoms with E-state index < -0.39 is 43.5 Å². The fourth-order valence-corrected chi connectivity index (χ4v) is 1.78. The van der Waals surface area contributed by atoms with Crippen LogP contribution in [0, 0.1) is 15.9 Å². The predicted molar refractivity (Wildman–Crippen MR) is 47.2 cm³/mol. The van der Waals surface area contributed by atoms with Crippen molar-refractivity contribution in [3.8, 4) is 0 Å². The summed E-state index contributed by atoms with van der Waals surface area (Å²) in [5, 5.41) is 13.5. The standard InChI is InChI=1S/C6H4F3N3O4S/c7-2-1-11-6(17(10,15)16)3(5(8)9)4(2)12(13)14/h1,5H,(H2,10,15,16). The number of halogens is 3. The summed E-state index contributed by atoms with van der Waals surface area (Å²) in [6.07, 6.45) is -3.46. The Morgan fingerprint density at radius 3 is 2.35 bits per heavy atom. The first-order valence-corrected chi connectivity index (χ1v) is 5.34. The number of rotatable bonds is 3.